The van der Waals surface area contributed by atoms with Crippen molar-refractivity contribution in [1.29, 1.82) is 0 Å². The molecule has 0 bridgehead atoms. The van der Waals surface area contributed by atoms with E-state index in [1.165, 1.54) is 23.1 Å². The number of ether oxygens (including phenoxy) is 2. The Hall–Kier alpha value is -2.45. The zero-order chi connectivity index (χ0) is 25.8. The van der Waals surface area contributed by atoms with Crippen molar-refractivity contribution < 1.29 is 31.8 Å². The zero-order valence-electron chi connectivity index (χ0n) is 19.1. The van der Waals surface area contributed by atoms with Crippen LogP contribution in [0.2, 0.25) is 10.0 Å². The fourth-order valence-corrected chi connectivity index (χ4v) is 4.76. The molecule has 2 aromatic carbocycles. The normalized spacial score (nSPS) is 24.5. The predicted octanol–water partition coefficient (Wildman–Crippen LogP) is 7.84. The second-order valence-electron chi connectivity index (χ2n) is 9.64. The number of amides is 1. The van der Waals surface area contributed by atoms with Crippen molar-refractivity contribution in [2.24, 2.45) is 0 Å². The summed E-state index contributed by atoms with van der Waals surface area (Å²) in [4.78, 5) is 13.7. The highest BCUT2D eigenvalue weighted by molar-refractivity contribution is 6.34. The number of carbonyl (C=O) groups is 1. The summed E-state index contributed by atoms with van der Waals surface area (Å²) in [6.45, 7) is 5.07. The van der Waals surface area contributed by atoms with Gasteiger partial charge < -0.3 is 9.47 Å². The number of likely N-dealkylation sites (tertiary alicyclic amines) is 1. The van der Waals surface area contributed by atoms with E-state index in [9.17, 15) is 22.4 Å². The fourth-order valence-electron chi connectivity index (χ4n) is 4.23. The van der Waals surface area contributed by atoms with Gasteiger partial charge in [0.05, 0.1) is 18.8 Å². The summed E-state index contributed by atoms with van der Waals surface area (Å²) in [7, 11) is 0. The molecular formula is C25H23Cl2F4NO3. The highest BCUT2D eigenvalue weighted by Gasteiger charge is 2.60. The zero-order valence-corrected chi connectivity index (χ0v) is 20.6. The number of hydrogen-bond acceptors (Lipinski definition) is 3. The second-order valence-corrected chi connectivity index (χ2v) is 10.5. The molecule has 4 rings (SSSR count). The van der Waals surface area contributed by atoms with Crippen LogP contribution in [0.1, 0.15) is 49.9 Å². The molecule has 0 N–H and O–H groups in total. The number of alkyl halides is 4. The summed E-state index contributed by atoms with van der Waals surface area (Å²) < 4.78 is 67.6. The van der Waals surface area contributed by atoms with Gasteiger partial charge in [-0.1, -0.05) is 47.5 Å². The second kappa shape index (κ2) is 8.89. The van der Waals surface area contributed by atoms with E-state index in [2.05, 4.69) is 0 Å². The van der Waals surface area contributed by atoms with E-state index >= 15 is 0 Å². The van der Waals surface area contributed by atoms with Crippen molar-refractivity contribution in [3.05, 3.63) is 75.5 Å². The molecule has 1 saturated heterocycles. The number of rotatable bonds is 3. The lowest BCUT2D eigenvalue weighted by Gasteiger charge is -2.44. The molecule has 3 unspecified atom stereocenters. The molecule has 188 valence electrons. The van der Waals surface area contributed by atoms with Crippen molar-refractivity contribution in [1.82, 2.24) is 4.90 Å². The van der Waals surface area contributed by atoms with Gasteiger partial charge in [-0.2, -0.15) is 13.2 Å². The smallest absolute Gasteiger partial charge is 0.432 e. The maximum Gasteiger partial charge on any atom is 0.432 e. The minimum Gasteiger partial charge on any atom is -0.480 e. The fraction of sp³-hybridized carbons (Fsp3) is 0.400. The number of benzene rings is 2. The van der Waals surface area contributed by atoms with Crippen molar-refractivity contribution >= 4 is 34.9 Å². The summed E-state index contributed by atoms with van der Waals surface area (Å²) in [6.07, 6.45) is -6.06. The maximum absolute atomic E-state index is 14.4. The Balaban J connectivity index is 1.56. The van der Waals surface area contributed by atoms with Crippen molar-refractivity contribution in [2.75, 3.05) is 6.54 Å². The van der Waals surface area contributed by atoms with E-state index in [4.69, 9.17) is 32.7 Å². The van der Waals surface area contributed by atoms with Crippen LogP contribution in [0.4, 0.5) is 22.4 Å². The van der Waals surface area contributed by atoms with Gasteiger partial charge in [0.2, 0.25) is 5.60 Å². The number of halogens is 6. The lowest BCUT2D eigenvalue weighted by atomic mass is 9.85. The van der Waals surface area contributed by atoms with Gasteiger partial charge in [0.15, 0.2) is 0 Å². The van der Waals surface area contributed by atoms with Gasteiger partial charge >= 0.3 is 12.3 Å². The highest BCUT2D eigenvalue weighted by Crippen LogP contribution is 2.53. The van der Waals surface area contributed by atoms with E-state index in [0.717, 1.165) is 6.26 Å². The number of hydrogen-bond donors (Lipinski definition) is 0. The standard InChI is InChI=1S/C25H23Cl2F4NO3/c1-23(2,3)35-22(33)32-12-20(28)21(32)15-6-4-14(5-7-15)16-11-24(34-13-16,25(29,30)31)17-8-18(26)10-19(27)9-17/h4-10,13,20-21H,11-12H2,1-3H3. The van der Waals surface area contributed by atoms with Crippen LogP contribution in [0.15, 0.2) is 48.7 Å². The predicted molar refractivity (Wildman–Crippen MR) is 125 cm³/mol. The van der Waals surface area contributed by atoms with Gasteiger partial charge in [-0.15, -0.1) is 0 Å². The molecule has 1 fully saturated rings. The van der Waals surface area contributed by atoms with Crippen molar-refractivity contribution in [3.63, 3.8) is 0 Å². The van der Waals surface area contributed by atoms with E-state index < -0.39 is 42.1 Å². The van der Waals surface area contributed by atoms with Crippen LogP contribution in [0.5, 0.6) is 0 Å². The summed E-state index contributed by atoms with van der Waals surface area (Å²) in [5.41, 5.74) is -2.26. The Kier molecular flexibility index (Phi) is 6.51. The third kappa shape index (κ3) is 4.96. The van der Waals surface area contributed by atoms with Crippen LogP contribution in [-0.4, -0.2) is 35.5 Å². The molecular weight excluding hydrogens is 509 g/mol. The van der Waals surface area contributed by atoms with Crippen molar-refractivity contribution in [2.45, 2.75) is 56.8 Å². The van der Waals surface area contributed by atoms with Crippen LogP contribution in [0.25, 0.3) is 5.57 Å². The molecule has 2 aromatic rings. The summed E-state index contributed by atoms with van der Waals surface area (Å²) in [5.74, 6) is 0. The molecule has 0 radical (unpaired) electrons. The largest absolute Gasteiger partial charge is 0.480 e. The summed E-state index contributed by atoms with van der Waals surface area (Å²) in [5, 5.41) is 0.127. The van der Waals surface area contributed by atoms with Gasteiger partial charge in [-0.3, -0.25) is 4.90 Å². The molecule has 35 heavy (non-hydrogen) atoms. The van der Waals surface area contributed by atoms with Crippen LogP contribution in [0, 0.1) is 0 Å². The monoisotopic (exact) mass is 531 g/mol. The average molecular weight is 532 g/mol. The van der Waals surface area contributed by atoms with Crippen LogP contribution in [-0.2, 0) is 15.1 Å². The first-order chi connectivity index (χ1) is 16.2. The first kappa shape index (κ1) is 25.6. The molecule has 0 aliphatic carbocycles. The van der Waals surface area contributed by atoms with Crippen LogP contribution < -0.4 is 0 Å². The van der Waals surface area contributed by atoms with Gasteiger partial charge in [0.1, 0.15) is 11.8 Å². The molecule has 2 heterocycles. The van der Waals surface area contributed by atoms with Gasteiger partial charge in [0.25, 0.3) is 0 Å². The Morgan fingerprint density at radius 2 is 1.69 bits per heavy atom. The molecule has 10 heteroatoms. The summed E-state index contributed by atoms with van der Waals surface area (Å²) in [6, 6.07) is 9.24. The number of carbonyl (C=O) groups excluding carboxylic acids is 1. The molecule has 2 aliphatic rings. The lowest BCUT2D eigenvalue weighted by Crippen LogP contribution is -2.55. The molecule has 0 aromatic heterocycles. The Labute approximate surface area is 210 Å². The summed E-state index contributed by atoms with van der Waals surface area (Å²) >= 11 is 11.9. The Bertz CT molecular complexity index is 1140. The first-order valence-electron chi connectivity index (χ1n) is 10.8. The van der Waals surface area contributed by atoms with E-state index in [-0.39, 0.29) is 22.2 Å². The van der Waals surface area contributed by atoms with Gasteiger partial charge in [-0.25, -0.2) is 9.18 Å². The highest BCUT2D eigenvalue weighted by atomic mass is 35.5. The molecule has 3 atom stereocenters. The molecule has 4 nitrogen and oxygen atoms in total. The topological polar surface area (TPSA) is 38.8 Å². The Morgan fingerprint density at radius 3 is 2.20 bits per heavy atom. The molecule has 2 aliphatic heterocycles. The Morgan fingerprint density at radius 1 is 1.09 bits per heavy atom. The molecule has 1 amide bonds. The molecule has 0 spiro atoms. The van der Waals surface area contributed by atoms with Crippen LogP contribution >= 0.6 is 23.2 Å². The van der Waals surface area contributed by atoms with E-state index in [1.807, 2.05) is 0 Å². The van der Waals surface area contributed by atoms with E-state index in [1.54, 1.807) is 45.0 Å². The third-order valence-electron chi connectivity index (χ3n) is 5.93. The average Bonchev–Trinajstić information content (AvgIpc) is 3.17. The molecule has 0 saturated carbocycles. The lowest BCUT2D eigenvalue weighted by molar-refractivity contribution is -0.260. The minimum absolute atomic E-state index is 0.0633. The number of nitrogens with zero attached hydrogens (tertiary/aromatic N) is 1. The van der Waals surface area contributed by atoms with Gasteiger partial charge in [-0.05, 0) is 55.7 Å². The first-order valence-corrected chi connectivity index (χ1v) is 11.6. The van der Waals surface area contributed by atoms with Crippen molar-refractivity contribution in [3.8, 4) is 0 Å². The van der Waals surface area contributed by atoms with Crippen LogP contribution in [0.3, 0.4) is 0 Å². The SMILES string of the molecule is CC(C)(C)OC(=O)N1CC(F)C1c1ccc(C2=COC(c3cc(Cl)cc(Cl)c3)(C(F)(F)F)C2)cc1. The quantitative estimate of drug-likeness (QED) is 0.378. The minimum atomic E-state index is -4.75. The van der Waals surface area contributed by atoms with E-state index in [0.29, 0.717) is 16.7 Å². The third-order valence-corrected chi connectivity index (χ3v) is 6.37. The maximum atomic E-state index is 14.4. The van der Waals surface area contributed by atoms with Gasteiger partial charge in [0, 0.05) is 22.0 Å².